The molecule has 0 unspecified atom stereocenters. The van der Waals surface area contributed by atoms with Gasteiger partial charge < -0.3 is 5.32 Å². The monoisotopic (exact) mass is 271 g/mol. The van der Waals surface area contributed by atoms with E-state index in [9.17, 15) is 8.78 Å². The summed E-state index contributed by atoms with van der Waals surface area (Å²) < 4.78 is 26.7. The number of dihydropyridines is 1. The van der Waals surface area contributed by atoms with Crippen molar-refractivity contribution in [1.29, 1.82) is 0 Å². The number of allylic oxidation sites excluding steroid dienone is 2. The summed E-state index contributed by atoms with van der Waals surface area (Å²) in [4.78, 5) is 0. The van der Waals surface area contributed by atoms with Gasteiger partial charge in [0.05, 0.1) is 4.47 Å². The highest BCUT2D eigenvalue weighted by molar-refractivity contribution is 9.10. The fourth-order valence-electron chi connectivity index (χ4n) is 1.37. The van der Waals surface area contributed by atoms with E-state index in [1.54, 1.807) is 6.08 Å². The van der Waals surface area contributed by atoms with Crippen molar-refractivity contribution >= 4 is 21.6 Å². The van der Waals surface area contributed by atoms with Crippen molar-refractivity contribution in [2.24, 2.45) is 0 Å². The minimum absolute atomic E-state index is 0.260. The second-order valence-electron chi connectivity index (χ2n) is 3.14. The predicted octanol–water partition coefficient (Wildman–Crippen LogP) is 3.23. The summed E-state index contributed by atoms with van der Waals surface area (Å²) in [5.41, 5.74) is 1.03. The quantitative estimate of drug-likeness (QED) is 0.774. The van der Waals surface area contributed by atoms with Gasteiger partial charge in [-0.05, 0) is 28.1 Å². The Kier molecular flexibility index (Phi) is 2.86. The average molecular weight is 272 g/mol. The minimum Gasteiger partial charge on any atom is -0.381 e. The van der Waals surface area contributed by atoms with Gasteiger partial charge in [-0.2, -0.15) is 0 Å². The molecule has 0 aromatic heterocycles. The second-order valence-corrected chi connectivity index (χ2v) is 3.99. The van der Waals surface area contributed by atoms with E-state index in [0.717, 1.165) is 6.07 Å². The van der Waals surface area contributed by atoms with E-state index in [-0.39, 0.29) is 4.47 Å². The molecular weight excluding hydrogens is 264 g/mol. The smallest absolute Gasteiger partial charge is 0.140 e. The van der Waals surface area contributed by atoms with Crippen molar-refractivity contribution in [3.63, 3.8) is 0 Å². The summed E-state index contributed by atoms with van der Waals surface area (Å²) >= 11 is 3.03. The first-order valence-electron chi connectivity index (χ1n) is 4.44. The first-order chi connectivity index (χ1) is 7.18. The van der Waals surface area contributed by atoms with Crippen LogP contribution in [-0.4, -0.2) is 6.54 Å². The predicted molar refractivity (Wildman–Crippen MR) is 59.2 cm³/mol. The summed E-state index contributed by atoms with van der Waals surface area (Å²) in [6, 6.07) is 2.31. The second kappa shape index (κ2) is 4.14. The number of rotatable bonds is 1. The van der Waals surface area contributed by atoms with Crippen LogP contribution in [0.1, 0.15) is 5.56 Å². The van der Waals surface area contributed by atoms with Crippen LogP contribution in [0.2, 0.25) is 0 Å². The lowest BCUT2D eigenvalue weighted by Crippen LogP contribution is -2.15. The van der Waals surface area contributed by atoms with Crippen molar-refractivity contribution in [2.75, 3.05) is 6.54 Å². The summed E-state index contributed by atoms with van der Waals surface area (Å²) in [5.74, 6) is -1.16. The molecule has 0 spiro atoms. The Hall–Kier alpha value is -1.16. The van der Waals surface area contributed by atoms with Crippen molar-refractivity contribution in [3.05, 3.63) is 52.0 Å². The Labute approximate surface area is 94.6 Å². The van der Waals surface area contributed by atoms with E-state index in [1.807, 2.05) is 12.2 Å². The molecule has 0 radical (unpaired) electrons. The van der Waals surface area contributed by atoms with Gasteiger partial charge in [-0.3, -0.25) is 0 Å². The van der Waals surface area contributed by atoms with E-state index >= 15 is 0 Å². The molecule has 0 saturated heterocycles. The van der Waals surface area contributed by atoms with E-state index < -0.39 is 11.6 Å². The summed E-state index contributed by atoms with van der Waals surface area (Å²) in [6.07, 6.45) is 5.51. The zero-order valence-corrected chi connectivity index (χ0v) is 9.31. The van der Waals surface area contributed by atoms with Gasteiger partial charge in [0.1, 0.15) is 11.6 Å². The van der Waals surface area contributed by atoms with E-state index in [1.165, 1.54) is 6.07 Å². The van der Waals surface area contributed by atoms with Crippen LogP contribution in [0.4, 0.5) is 8.78 Å². The molecule has 1 N–H and O–H groups in total. The first kappa shape index (κ1) is 10.4. The Morgan fingerprint density at radius 2 is 2.00 bits per heavy atom. The van der Waals surface area contributed by atoms with Gasteiger partial charge in [0, 0.05) is 23.9 Å². The lowest BCUT2D eigenvalue weighted by molar-refractivity contribution is 0.576. The molecule has 4 heteroatoms. The molecule has 2 rings (SSSR count). The van der Waals surface area contributed by atoms with E-state index in [2.05, 4.69) is 21.2 Å². The topological polar surface area (TPSA) is 12.0 Å². The molecule has 0 saturated carbocycles. The molecule has 1 heterocycles. The molecule has 1 aliphatic heterocycles. The molecular formula is C11H8BrF2N. The number of nitrogens with one attached hydrogen (secondary N) is 1. The highest BCUT2D eigenvalue weighted by Crippen LogP contribution is 2.24. The lowest BCUT2D eigenvalue weighted by atomic mass is 10.1. The Bertz CT molecular complexity index is 452. The molecule has 1 aromatic carbocycles. The van der Waals surface area contributed by atoms with Crippen molar-refractivity contribution in [2.45, 2.75) is 0 Å². The first-order valence-corrected chi connectivity index (χ1v) is 5.23. The lowest BCUT2D eigenvalue weighted by Gasteiger charge is -2.13. The minimum atomic E-state index is -0.594. The van der Waals surface area contributed by atoms with Crippen LogP contribution in [0.15, 0.2) is 34.8 Å². The van der Waals surface area contributed by atoms with Crippen molar-refractivity contribution in [3.8, 4) is 0 Å². The zero-order valence-electron chi connectivity index (χ0n) is 7.73. The number of hydrogen-bond acceptors (Lipinski definition) is 1. The maximum absolute atomic E-state index is 13.4. The normalized spacial score (nSPS) is 14.7. The zero-order chi connectivity index (χ0) is 10.8. The Morgan fingerprint density at radius 1 is 1.20 bits per heavy atom. The molecule has 1 nitrogen and oxygen atoms in total. The molecule has 0 fully saturated rings. The highest BCUT2D eigenvalue weighted by Gasteiger charge is 2.12. The fraction of sp³-hybridized carbons (Fsp3) is 0.0909. The molecule has 0 aliphatic carbocycles. The van der Waals surface area contributed by atoms with Crippen LogP contribution in [0.25, 0.3) is 5.70 Å². The number of halogens is 3. The van der Waals surface area contributed by atoms with E-state index in [4.69, 9.17) is 0 Å². The summed E-state index contributed by atoms with van der Waals surface area (Å²) in [7, 11) is 0. The average Bonchev–Trinajstić information content (AvgIpc) is 2.25. The molecule has 0 bridgehead atoms. The van der Waals surface area contributed by atoms with Crippen LogP contribution in [0, 0.1) is 11.6 Å². The summed E-state index contributed by atoms with van der Waals surface area (Å²) in [6.45, 7) is 0.653. The van der Waals surface area contributed by atoms with Crippen molar-refractivity contribution in [1.82, 2.24) is 5.32 Å². The van der Waals surface area contributed by atoms with Gasteiger partial charge in [-0.25, -0.2) is 8.78 Å². The fourth-order valence-corrected chi connectivity index (χ4v) is 1.72. The number of benzene rings is 1. The molecule has 0 atom stereocenters. The third-order valence-corrected chi connectivity index (χ3v) is 2.72. The van der Waals surface area contributed by atoms with E-state index in [0.29, 0.717) is 17.8 Å². The molecule has 1 aliphatic rings. The number of hydrogen-bond donors (Lipinski definition) is 1. The van der Waals surface area contributed by atoms with Crippen molar-refractivity contribution < 1.29 is 8.78 Å². The Balaban J connectivity index is 2.48. The van der Waals surface area contributed by atoms with Crippen LogP contribution >= 0.6 is 15.9 Å². The van der Waals surface area contributed by atoms with Gasteiger partial charge in [0.2, 0.25) is 0 Å². The third-order valence-electron chi connectivity index (χ3n) is 2.11. The highest BCUT2D eigenvalue weighted by atomic mass is 79.9. The van der Waals surface area contributed by atoms with Gasteiger partial charge in [-0.1, -0.05) is 12.2 Å². The van der Waals surface area contributed by atoms with Crippen LogP contribution in [0.5, 0.6) is 0 Å². The van der Waals surface area contributed by atoms with Gasteiger partial charge in [-0.15, -0.1) is 0 Å². The Morgan fingerprint density at radius 3 is 2.67 bits per heavy atom. The maximum Gasteiger partial charge on any atom is 0.140 e. The van der Waals surface area contributed by atoms with Crippen LogP contribution < -0.4 is 5.32 Å². The van der Waals surface area contributed by atoms with Gasteiger partial charge >= 0.3 is 0 Å². The SMILES string of the molecule is Fc1cc(F)c(C2=CC=CCN2)cc1Br. The molecule has 0 amide bonds. The third kappa shape index (κ3) is 2.09. The van der Waals surface area contributed by atoms with Gasteiger partial charge in [0.25, 0.3) is 0 Å². The maximum atomic E-state index is 13.4. The summed E-state index contributed by atoms with van der Waals surface area (Å²) in [5, 5.41) is 3.01. The van der Waals surface area contributed by atoms with Crippen LogP contribution in [-0.2, 0) is 0 Å². The molecule has 78 valence electrons. The molecule has 15 heavy (non-hydrogen) atoms. The van der Waals surface area contributed by atoms with Crippen LogP contribution in [0.3, 0.4) is 0 Å². The largest absolute Gasteiger partial charge is 0.381 e. The van der Waals surface area contributed by atoms with Gasteiger partial charge in [0.15, 0.2) is 0 Å². The molecule has 1 aromatic rings. The standard InChI is InChI=1S/C11H8BrF2N/c12-8-5-7(9(13)6-10(8)14)11-3-1-2-4-15-11/h1-3,5-6,15H,4H2.